The van der Waals surface area contributed by atoms with Gasteiger partial charge in [0.25, 0.3) is 0 Å². The molecule has 2 N–H and O–H groups in total. The first-order valence-corrected chi connectivity index (χ1v) is 6.95. The van der Waals surface area contributed by atoms with Gasteiger partial charge in [-0.2, -0.15) is 0 Å². The van der Waals surface area contributed by atoms with Crippen molar-refractivity contribution in [2.45, 2.75) is 38.3 Å². The highest BCUT2D eigenvalue weighted by atomic mass is 16.4. The highest BCUT2D eigenvalue weighted by Crippen LogP contribution is 2.23. The second kappa shape index (κ2) is 5.68. The molecule has 0 saturated carbocycles. The number of urea groups is 1. The summed E-state index contributed by atoms with van der Waals surface area (Å²) in [5.74, 6) is -1.25. The SMILES string of the molecule is CC1CC(C(=O)O)CCN1C(=O)NC1CCN(C)C1=O. The van der Waals surface area contributed by atoms with Gasteiger partial charge in [-0.05, 0) is 26.2 Å². The molecule has 0 aliphatic carbocycles. The third kappa shape index (κ3) is 2.86. The van der Waals surface area contributed by atoms with Gasteiger partial charge in [-0.15, -0.1) is 0 Å². The van der Waals surface area contributed by atoms with E-state index in [4.69, 9.17) is 5.11 Å². The van der Waals surface area contributed by atoms with Crippen LogP contribution in [0.5, 0.6) is 0 Å². The number of nitrogens with one attached hydrogen (secondary N) is 1. The van der Waals surface area contributed by atoms with E-state index in [0.717, 1.165) is 0 Å². The van der Waals surface area contributed by atoms with Gasteiger partial charge in [-0.1, -0.05) is 0 Å². The van der Waals surface area contributed by atoms with Crippen molar-refractivity contribution in [3.05, 3.63) is 0 Å². The number of hydrogen-bond donors (Lipinski definition) is 2. The van der Waals surface area contributed by atoms with E-state index in [2.05, 4.69) is 5.32 Å². The number of nitrogens with zero attached hydrogens (tertiary/aromatic N) is 2. The number of carbonyl (C=O) groups excluding carboxylic acids is 2. The molecular weight excluding hydrogens is 262 g/mol. The lowest BCUT2D eigenvalue weighted by atomic mass is 9.92. The minimum atomic E-state index is -0.801. The quantitative estimate of drug-likeness (QED) is 0.752. The Bertz CT molecular complexity index is 426. The van der Waals surface area contributed by atoms with Gasteiger partial charge in [0.15, 0.2) is 0 Å². The van der Waals surface area contributed by atoms with Crippen LogP contribution in [0.2, 0.25) is 0 Å². The van der Waals surface area contributed by atoms with Crippen molar-refractivity contribution in [3.63, 3.8) is 0 Å². The summed E-state index contributed by atoms with van der Waals surface area (Å²) in [5.41, 5.74) is 0. The van der Waals surface area contributed by atoms with Crippen LogP contribution >= 0.6 is 0 Å². The zero-order chi connectivity index (χ0) is 14.9. The predicted octanol–water partition coefficient (Wildman–Crippen LogP) is 0.112. The summed E-state index contributed by atoms with van der Waals surface area (Å²) in [5, 5.41) is 11.8. The Labute approximate surface area is 117 Å². The van der Waals surface area contributed by atoms with E-state index in [9.17, 15) is 14.4 Å². The molecule has 7 nitrogen and oxygen atoms in total. The Kier molecular flexibility index (Phi) is 4.15. The first-order valence-electron chi connectivity index (χ1n) is 6.95. The van der Waals surface area contributed by atoms with Crippen LogP contribution in [-0.2, 0) is 9.59 Å². The molecule has 2 aliphatic heterocycles. The molecule has 0 spiro atoms. The number of hydrogen-bond acceptors (Lipinski definition) is 3. The van der Waals surface area contributed by atoms with Gasteiger partial charge in [0.1, 0.15) is 6.04 Å². The Morgan fingerprint density at radius 2 is 2.00 bits per heavy atom. The van der Waals surface area contributed by atoms with E-state index in [1.807, 2.05) is 6.92 Å². The Balaban J connectivity index is 1.90. The lowest BCUT2D eigenvalue weighted by Crippen LogP contribution is -2.53. The largest absolute Gasteiger partial charge is 0.481 e. The molecule has 2 heterocycles. The van der Waals surface area contributed by atoms with Crippen LogP contribution in [0.25, 0.3) is 0 Å². The first kappa shape index (κ1) is 14.6. The number of aliphatic carboxylic acids is 1. The second-order valence-electron chi connectivity index (χ2n) is 5.65. The van der Waals surface area contributed by atoms with Crippen molar-refractivity contribution in [3.8, 4) is 0 Å². The molecule has 0 radical (unpaired) electrons. The highest BCUT2D eigenvalue weighted by molar-refractivity contribution is 5.88. The van der Waals surface area contributed by atoms with Crippen molar-refractivity contribution in [1.29, 1.82) is 0 Å². The molecule has 0 bridgehead atoms. The van der Waals surface area contributed by atoms with Crippen molar-refractivity contribution in [1.82, 2.24) is 15.1 Å². The number of likely N-dealkylation sites (N-methyl/N-ethyl adjacent to an activating group) is 1. The summed E-state index contributed by atoms with van der Waals surface area (Å²) in [6.07, 6.45) is 1.55. The van der Waals surface area contributed by atoms with Gasteiger partial charge in [0.05, 0.1) is 5.92 Å². The summed E-state index contributed by atoms with van der Waals surface area (Å²) in [7, 11) is 1.72. The number of carboxylic acids is 1. The minimum absolute atomic E-state index is 0.0635. The molecule has 2 rings (SSSR count). The molecule has 3 amide bonds. The van der Waals surface area contributed by atoms with Crippen molar-refractivity contribution in [2.24, 2.45) is 5.92 Å². The van der Waals surface area contributed by atoms with Crippen LogP contribution in [0.4, 0.5) is 4.79 Å². The number of carboxylic acid groups (broad SMARTS) is 1. The lowest BCUT2D eigenvalue weighted by Gasteiger charge is -2.36. The van der Waals surface area contributed by atoms with Crippen molar-refractivity contribution < 1.29 is 19.5 Å². The summed E-state index contributed by atoms with van der Waals surface area (Å²) in [6, 6.07) is -0.842. The van der Waals surface area contributed by atoms with Gasteiger partial charge in [-0.25, -0.2) is 4.79 Å². The Morgan fingerprint density at radius 3 is 2.50 bits per heavy atom. The normalized spacial score (nSPS) is 30.5. The van der Waals surface area contributed by atoms with E-state index in [1.165, 1.54) is 0 Å². The smallest absolute Gasteiger partial charge is 0.318 e. The van der Waals surface area contributed by atoms with E-state index in [1.54, 1.807) is 16.8 Å². The minimum Gasteiger partial charge on any atom is -0.481 e. The fourth-order valence-electron chi connectivity index (χ4n) is 2.89. The van der Waals surface area contributed by atoms with E-state index < -0.39 is 12.0 Å². The van der Waals surface area contributed by atoms with Gasteiger partial charge < -0.3 is 20.2 Å². The molecule has 3 unspecified atom stereocenters. The van der Waals surface area contributed by atoms with Crippen LogP contribution in [-0.4, -0.2) is 65.0 Å². The van der Waals surface area contributed by atoms with Crippen molar-refractivity contribution in [2.75, 3.05) is 20.1 Å². The Hall–Kier alpha value is -1.79. The van der Waals surface area contributed by atoms with Gasteiger partial charge >= 0.3 is 12.0 Å². The zero-order valence-corrected chi connectivity index (χ0v) is 11.8. The van der Waals surface area contributed by atoms with Gasteiger partial charge in [-0.3, -0.25) is 9.59 Å². The first-order chi connectivity index (χ1) is 9.40. The highest BCUT2D eigenvalue weighted by Gasteiger charge is 2.35. The number of rotatable bonds is 2. The van der Waals surface area contributed by atoms with Crippen LogP contribution in [0, 0.1) is 5.92 Å². The van der Waals surface area contributed by atoms with Crippen LogP contribution in [0.3, 0.4) is 0 Å². The standard InChI is InChI=1S/C13H21N3O4/c1-8-7-9(12(18)19)3-6-16(8)13(20)14-10-4-5-15(2)11(10)17/h8-10H,3-7H2,1-2H3,(H,14,20)(H,18,19). The maximum atomic E-state index is 12.2. The molecule has 2 aliphatic rings. The topological polar surface area (TPSA) is 89.9 Å². The fraction of sp³-hybridized carbons (Fsp3) is 0.769. The summed E-state index contributed by atoms with van der Waals surface area (Å²) >= 11 is 0. The maximum absolute atomic E-state index is 12.2. The zero-order valence-electron chi connectivity index (χ0n) is 11.8. The van der Waals surface area contributed by atoms with Crippen molar-refractivity contribution >= 4 is 17.9 Å². The lowest BCUT2D eigenvalue weighted by molar-refractivity contribution is -0.143. The number of carbonyl (C=O) groups is 3. The molecule has 112 valence electrons. The molecule has 3 atom stereocenters. The maximum Gasteiger partial charge on any atom is 0.318 e. The molecule has 0 aromatic rings. The van der Waals surface area contributed by atoms with E-state index in [0.29, 0.717) is 32.4 Å². The number of piperidine rings is 1. The third-order valence-electron chi connectivity index (χ3n) is 4.21. The monoisotopic (exact) mass is 283 g/mol. The van der Waals surface area contributed by atoms with Gasteiger partial charge in [0, 0.05) is 26.2 Å². The van der Waals surface area contributed by atoms with Crippen LogP contribution in [0.15, 0.2) is 0 Å². The van der Waals surface area contributed by atoms with Gasteiger partial charge in [0.2, 0.25) is 5.91 Å². The summed E-state index contributed by atoms with van der Waals surface area (Å²) in [4.78, 5) is 38.1. The fourth-order valence-corrected chi connectivity index (χ4v) is 2.89. The Morgan fingerprint density at radius 1 is 1.30 bits per heavy atom. The summed E-state index contributed by atoms with van der Waals surface area (Å²) in [6.45, 7) is 2.92. The van der Waals surface area contributed by atoms with E-state index in [-0.39, 0.29) is 23.9 Å². The molecule has 0 aromatic carbocycles. The molecule has 7 heteroatoms. The molecule has 20 heavy (non-hydrogen) atoms. The number of likely N-dealkylation sites (tertiary alicyclic amines) is 2. The van der Waals surface area contributed by atoms with Crippen LogP contribution < -0.4 is 5.32 Å². The molecule has 2 fully saturated rings. The van der Waals surface area contributed by atoms with E-state index >= 15 is 0 Å². The average Bonchev–Trinajstić information content (AvgIpc) is 2.70. The number of amides is 3. The van der Waals surface area contributed by atoms with Crippen LogP contribution in [0.1, 0.15) is 26.2 Å². The molecular formula is C13H21N3O4. The molecule has 0 aromatic heterocycles. The molecule has 2 saturated heterocycles. The summed E-state index contributed by atoms with van der Waals surface area (Å²) < 4.78 is 0. The third-order valence-corrected chi connectivity index (χ3v) is 4.21. The average molecular weight is 283 g/mol. The second-order valence-corrected chi connectivity index (χ2v) is 5.65. The predicted molar refractivity (Wildman–Crippen MR) is 71.1 cm³/mol.